The van der Waals surface area contributed by atoms with Crippen molar-refractivity contribution in [2.24, 2.45) is 39.5 Å². The van der Waals surface area contributed by atoms with Crippen molar-refractivity contribution in [3.63, 3.8) is 0 Å². The molecule has 13 rings (SSSR count). The van der Waals surface area contributed by atoms with Gasteiger partial charge in [0.1, 0.15) is 28.2 Å². The van der Waals surface area contributed by atoms with Gasteiger partial charge >= 0.3 is 0 Å². The molecule has 1 aliphatic rings. The van der Waals surface area contributed by atoms with E-state index in [2.05, 4.69) is 287 Å². The second kappa shape index (κ2) is 33.4. The summed E-state index contributed by atoms with van der Waals surface area (Å²) in [4.78, 5) is 0. The molecule has 1 saturated carbocycles. The summed E-state index contributed by atoms with van der Waals surface area (Å²) in [5.41, 5.74) is 34.0. The molecule has 4 nitrogen and oxygen atoms in total. The number of benzene rings is 8. The third-order valence-corrected chi connectivity index (χ3v) is 20.1. The topological polar surface area (TPSA) is 15.5 Å². The van der Waals surface area contributed by atoms with Gasteiger partial charge in [0.25, 0.3) is 0 Å². The van der Waals surface area contributed by atoms with Crippen LogP contribution in [0.25, 0.3) is 89.5 Å². The SMILES string of the molecule is Cc1ccccc1-c1ccc(C)c(-c2cc(C)c(C3CCCC3)c[n+]2C)c1.[2H]C(C)(C)c1c[n+](C)c(-c2cc(-c3ccccc3)ccc2C)cc1C.[2H]C([2H])(c1c[n+](C)c(-c2cc(-c3ccccc3)ccc2C)cc1C)C(C)(C)C.[2H]C([2H])(c1c[n+](C)c(-c2cc(-c3ccccc3)ccc2C)cc1C)C(C)C. The average Bonchev–Trinajstić information content (AvgIpc) is 1.58. The van der Waals surface area contributed by atoms with E-state index in [1.165, 1.54) is 137 Å². The molecule has 4 heterocycles. The molecule has 0 aliphatic heterocycles. The Kier molecular flexibility index (Phi) is 22.3. The number of aromatic nitrogens is 4. The molecule has 0 atom stereocenters. The van der Waals surface area contributed by atoms with Gasteiger partial charge in [-0.1, -0.05) is 225 Å². The fraction of sp³-hybridized carbons (Fsp3) is 0.306. The van der Waals surface area contributed by atoms with Gasteiger partial charge in [-0.2, -0.15) is 0 Å². The minimum atomic E-state index is -1.41. The molecule has 0 bridgehead atoms. The number of hydrogen-bond acceptors (Lipinski definition) is 0. The molecule has 0 N–H and O–H groups in total. The summed E-state index contributed by atoms with van der Waals surface area (Å²) in [7, 11) is 8.28. The van der Waals surface area contributed by atoms with E-state index in [4.69, 9.17) is 6.85 Å². The fourth-order valence-electron chi connectivity index (χ4n) is 14.4. The van der Waals surface area contributed by atoms with Gasteiger partial charge < -0.3 is 0 Å². The van der Waals surface area contributed by atoms with E-state index in [-0.39, 0.29) is 5.92 Å². The summed E-state index contributed by atoms with van der Waals surface area (Å²) < 4.78 is 51.3. The highest BCUT2D eigenvalue weighted by Crippen LogP contribution is 2.38. The second-order valence-corrected chi connectivity index (χ2v) is 30.2. The number of pyridine rings is 4. The van der Waals surface area contributed by atoms with Gasteiger partial charge in [-0.3, -0.25) is 0 Å². The van der Waals surface area contributed by atoms with Crippen LogP contribution in [0.15, 0.2) is 237 Å². The van der Waals surface area contributed by atoms with Crippen LogP contribution in [-0.4, -0.2) is 0 Å². The normalized spacial score (nSPS) is 13.3. The van der Waals surface area contributed by atoms with E-state index in [1.807, 2.05) is 107 Å². The van der Waals surface area contributed by atoms with Crippen LogP contribution in [-0.2, 0) is 40.9 Å². The summed E-state index contributed by atoms with van der Waals surface area (Å²) in [5, 5.41) is 0. The monoisotopic (exact) mass is 1350 g/mol. The Hall–Kier alpha value is -9.64. The average molecular weight is 1350 g/mol. The van der Waals surface area contributed by atoms with Crippen LogP contribution in [0.1, 0.15) is 165 Å². The Bertz CT molecular complexity index is 5130. The van der Waals surface area contributed by atoms with E-state index >= 15 is 0 Å². The smallest absolute Gasteiger partial charge is 0.201 e. The van der Waals surface area contributed by atoms with Gasteiger partial charge in [-0.25, -0.2) is 18.3 Å². The first-order valence-corrected chi connectivity index (χ1v) is 36.7. The van der Waals surface area contributed by atoms with Crippen molar-refractivity contribution < 1.29 is 25.1 Å². The van der Waals surface area contributed by atoms with Gasteiger partial charge in [0, 0.05) is 75.6 Å². The Morgan fingerprint density at radius 3 is 1.11 bits per heavy atom. The zero-order valence-corrected chi connectivity index (χ0v) is 64.8. The minimum absolute atomic E-state index is 0.0785. The Labute approximate surface area is 621 Å². The quantitative estimate of drug-likeness (QED) is 0.102. The lowest BCUT2D eigenvalue weighted by Gasteiger charge is -2.19. The van der Waals surface area contributed by atoms with Crippen molar-refractivity contribution in [2.45, 2.75) is 161 Å². The molecule has 522 valence electrons. The minimum Gasteiger partial charge on any atom is -0.201 e. The molecular formula is C98H114N4+4. The predicted molar refractivity (Wildman–Crippen MR) is 434 cm³/mol. The molecular weight excluding hydrogens is 1230 g/mol. The Morgan fingerprint density at radius 2 is 0.696 bits per heavy atom. The molecule has 102 heavy (non-hydrogen) atoms. The summed E-state index contributed by atoms with van der Waals surface area (Å²) in [6, 6.07) is 75.4. The summed E-state index contributed by atoms with van der Waals surface area (Å²) in [6.45, 7) is 32.8. The van der Waals surface area contributed by atoms with Gasteiger partial charge in [0.15, 0.2) is 24.8 Å². The molecule has 12 aromatic rings. The van der Waals surface area contributed by atoms with Gasteiger partial charge in [-0.15, -0.1) is 0 Å². The second-order valence-electron chi connectivity index (χ2n) is 30.2. The third kappa shape index (κ3) is 18.5. The standard InChI is InChI=1S/C26H30N.C25H30N.C24H28N.C23H26N/c1-18-9-5-8-12-23(18)22-14-13-19(2)24(16-22)26-15-20(3)25(17-27(26)4)21-10-6-7-11-21;1-18-12-13-21(20-10-8-7-9-11-20)15-23(18)24-14-19(2)22(17-26(24)6)16-25(3,4)5;1-17(2)13-22-16-25(5)24(14-19(22)4)23-15-21(12-11-18(23)3)20-9-7-6-8-10-20;1-16(2)22-15-24(5)23(13-18(22)4)21-14-20(12-11-17(21)3)19-9-7-6-8-10-19/h5,8-9,12-17,21H,6-7,10-11H2,1-4H3;7-15,17H,16H2,1-6H3;6-12,14-17H,13H2,1-5H3;6-16H,1-5H3/q4*+1/i;16D2;13D2;16D. The van der Waals surface area contributed by atoms with Gasteiger partial charge in [0.05, 0.1) is 0 Å². The van der Waals surface area contributed by atoms with Crippen molar-refractivity contribution in [1.29, 1.82) is 0 Å². The Balaban J connectivity index is 0.000000153. The molecule has 4 heteroatoms. The maximum absolute atomic E-state index is 8.67. The highest BCUT2D eigenvalue weighted by Gasteiger charge is 2.26. The molecule has 1 fully saturated rings. The van der Waals surface area contributed by atoms with Crippen LogP contribution in [0, 0.1) is 73.6 Å². The number of hydrogen-bond donors (Lipinski definition) is 0. The highest BCUT2D eigenvalue weighted by atomic mass is 14.9. The van der Waals surface area contributed by atoms with E-state index in [9.17, 15) is 0 Å². The maximum atomic E-state index is 8.67. The first kappa shape index (κ1) is 68.1. The van der Waals surface area contributed by atoms with E-state index in [1.54, 1.807) is 5.56 Å². The summed E-state index contributed by atoms with van der Waals surface area (Å²) in [6.07, 6.45) is 11.1. The molecule has 0 radical (unpaired) electrons. The van der Waals surface area contributed by atoms with Crippen LogP contribution in [0.5, 0.6) is 0 Å². The third-order valence-electron chi connectivity index (χ3n) is 20.1. The lowest BCUT2D eigenvalue weighted by Crippen LogP contribution is -2.32. The Morgan fingerprint density at radius 1 is 0.353 bits per heavy atom. The first-order chi connectivity index (χ1) is 50.5. The maximum Gasteiger partial charge on any atom is 0.212 e. The lowest BCUT2D eigenvalue weighted by molar-refractivity contribution is -0.661. The zero-order valence-electron chi connectivity index (χ0n) is 69.8. The van der Waals surface area contributed by atoms with Crippen molar-refractivity contribution >= 4 is 0 Å². The number of aryl methyl sites for hydroxylation is 13. The largest absolute Gasteiger partial charge is 0.212 e. The molecule has 0 unspecified atom stereocenters. The molecule has 4 aromatic heterocycles. The van der Waals surface area contributed by atoms with Crippen molar-refractivity contribution in [3.05, 3.63) is 309 Å². The number of nitrogens with zero attached hydrogens (tertiary/aromatic N) is 4. The molecule has 0 saturated heterocycles. The van der Waals surface area contributed by atoms with Gasteiger partial charge in [-0.05, 0) is 230 Å². The molecule has 0 spiro atoms. The van der Waals surface area contributed by atoms with E-state index < -0.39 is 24.1 Å². The molecule has 0 amide bonds. The van der Waals surface area contributed by atoms with Crippen molar-refractivity contribution in [1.82, 2.24) is 0 Å². The lowest BCUT2D eigenvalue weighted by atomic mass is 9.86. The van der Waals surface area contributed by atoms with Crippen LogP contribution in [0.3, 0.4) is 0 Å². The van der Waals surface area contributed by atoms with Crippen molar-refractivity contribution in [2.75, 3.05) is 0 Å². The van der Waals surface area contributed by atoms with Crippen LogP contribution in [0.4, 0.5) is 0 Å². The first-order valence-electron chi connectivity index (χ1n) is 39.2. The van der Waals surface area contributed by atoms with Crippen LogP contribution < -0.4 is 18.3 Å². The van der Waals surface area contributed by atoms with E-state index in [0.29, 0.717) is 0 Å². The summed E-state index contributed by atoms with van der Waals surface area (Å²) in [5.74, 6) is 0.0799. The van der Waals surface area contributed by atoms with Crippen molar-refractivity contribution in [3.8, 4) is 89.5 Å². The highest BCUT2D eigenvalue weighted by molar-refractivity contribution is 5.77. The van der Waals surface area contributed by atoms with Crippen LogP contribution >= 0.6 is 0 Å². The molecule has 1 aliphatic carbocycles. The van der Waals surface area contributed by atoms with E-state index in [0.717, 1.165) is 50.7 Å². The number of rotatable bonds is 13. The fourth-order valence-corrected chi connectivity index (χ4v) is 14.4. The van der Waals surface area contributed by atoms with Gasteiger partial charge in [0.2, 0.25) is 22.8 Å². The predicted octanol–water partition coefficient (Wildman–Crippen LogP) is 23.7. The molecule has 8 aromatic carbocycles. The van der Waals surface area contributed by atoms with Crippen LogP contribution in [0.2, 0.25) is 0 Å². The summed E-state index contributed by atoms with van der Waals surface area (Å²) >= 11 is 0. The zero-order chi connectivity index (χ0) is 77.6.